The number of carbonyl (C=O) groups is 1. The Hall–Kier alpha value is -2.32. The van der Waals surface area contributed by atoms with E-state index in [2.05, 4.69) is 35.0 Å². The Bertz CT molecular complexity index is 1160. The molecule has 1 unspecified atom stereocenters. The average molecular weight is 559 g/mol. The van der Waals surface area contributed by atoms with E-state index in [0.717, 1.165) is 27.0 Å². The maximum absolute atomic E-state index is 13.8. The minimum Gasteiger partial charge on any atom is -0.384 e. The second-order valence-electron chi connectivity index (χ2n) is 8.09. The molecule has 0 fully saturated rings. The number of carbonyl (C=O) groups excluding carboxylic acids is 1. The van der Waals surface area contributed by atoms with Gasteiger partial charge in [0.2, 0.25) is 0 Å². The summed E-state index contributed by atoms with van der Waals surface area (Å²) in [5.41, 5.74) is 3.18. The molecule has 1 atom stereocenters. The monoisotopic (exact) mass is 557 g/mol. The number of methoxy groups -OCH3 is 1. The molecule has 34 heavy (non-hydrogen) atoms. The van der Waals surface area contributed by atoms with Crippen LogP contribution in [0.1, 0.15) is 18.1 Å². The van der Waals surface area contributed by atoms with Gasteiger partial charge >= 0.3 is 6.03 Å². The van der Waals surface area contributed by atoms with Gasteiger partial charge in [-0.1, -0.05) is 70.0 Å². The normalized spacial score (nSPS) is 17.5. The first-order valence-corrected chi connectivity index (χ1v) is 12.9. The summed E-state index contributed by atoms with van der Waals surface area (Å²) >= 11 is 11.0. The Kier molecular flexibility index (Phi) is 7.99. The van der Waals surface area contributed by atoms with Crippen molar-refractivity contribution < 1.29 is 9.53 Å². The first-order valence-electron chi connectivity index (χ1n) is 10.8. The third kappa shape index (κ3) is 5.33. The standard InChI is InChI=1S/C26H25BrClN3O2S/c1-26(20-6-4-3-5-7-20)18-30(29-24(26)19-8-12-22(28)13-9-19)25(32)31(34-17-16-33-2)23-14-10-21(27)11-15-23/h3-15H,16-18H2,1-2H3. The van der Waals surface area contributed by atoms with Crippen LogP contribution in [0.4, 0.5) is 10.5 Å². The zero-order chi connectivity index (χ0) is 24.1. The van der Waals surface area contributed by atoms with Gasteiger partial charge in [-0.05, 0) is 66.4 Å². The predicted octanol–water partition coefficient (Wildman–Crippen LogP) is 7.00. The molecule has 1 aliphatic heterocycles. The molecule has 8 heteroatoms. The predicted molar refractivity (Wildman–Crippen MR) is 145 cm³/mol. The van der Waals surface area contributed by atoms with Crippen molar-refractivity contribution in [3.05, 3.63) is 99.5 Å². The number of amides is 2. The highest BCUT2D eigenvalue weighted by Gasteiger charge is 2.44. The van der Waals surface area contributed by atoms with Crippen molar-refractivity contribution in [2.75, 3.05) is 30.3 Å². The van der Waals surface area contributed by atoms with Gasteiger partial charge in [0.15, 0.2) is 0 Å². The van der Waals surface area contributed by atoms with Crippen molar-refractivity contribution >= 4 is 56.9 Å². The molecule has 0 aromatic heterocycles. The minimum atomic E-state index is -0.479. The van der Waals surface area contributed by atoms with Gasteiger partial charge in [-0.3, -0.25) is 0 Å². The van der Waals surface area contributed by atoms with Crippen LogP contribution in [0.3, 0.4) is 0 Å². The van der Waals surface area contributed by atoms with E-state index in [0.29, 0.717) is 23.9 Å². The SMILES string of the molecule is COCCSN(C(=O)N1CC(C)(c2ccccc2)C(c2ccc(Cl)cc2)=N1)c1ccc(Br)cc1. The van der Waals surface area contributed by atoms with Crippen molar-refractivity contribution in [3.63, 3.8) is 0 Å². The molecule has 5 nitrogen and oxygen atoms in total. The molecule has 0 N–H and O–H groups in total. The van der Waals surface area contributed by atoms with Gasteiger partial charge in [0, 0.05) is 22.4 Å². The summed E-state index contributed by atoms with van der Waals surface area (Å²) < 4.78 is 7.85. The van der Waals surface area contributed by atoms with Crippen molar-refractivity contribution in [1.29, 1.82) is 0 Å². The van der Waals surface area contributed by atoms with Gasteiger partial charge in [0.25, 0.3) is 0 Å². The third-order valence-electron chi connectivity index (χ3n) is 5.70. The molecule has 0 saturated carbocycles. The lowest BCUT2D eigenvalue weighted by Gasteiger charge is -2.29. The van der Waals surface area contributed by atoms with Gasteiger partial charge < -0.3 is 4.74 Å². The van der Waals surface area contributed by atoms with Crippen LogP contribution >= 0.6 is 39.5 Å². The third-order valence-corrected chi connectivity index (χ3v) is 7.46. The van der Waals surface area contributed by atoms with Gasteiger partial charge in [0.05, 0.1) is 30.0 Å². The van der Waals surface area contributed by atoms with E-state index in [1.165, 1.54) is 11.9 Å². The van der Waals surface area contributed by atoms with Crippen molar-refractivity contribution in [2.24, 2.45) is 5.10 Å². The van der Waals surface area contributed by atoms with E-state index in [9.17, 15) is 4.79 Å². The maximum Gasteiger partial charge on any atom is 0.355 e. The lowest BCUT2D eigenvalue weighted by atomic mass is 9.76. The molecule has 0 bridgehead atoms. The molecule has 4 rings (SSSR count). The van der Waals surface area contributed by atoms with Crippen LogP contribution in [0.15, 0.2) is 88.4 Å². The summed E-state index contributed by atoms with van der Waals surface area (Å²) in [4.78, 5) is 13.8. The van der Waals surface area contributed by atoms with Crippen molar-refractivity contribution in [3.8, 4) is 0 Å². The largest absolute Gasteiger partial charge is 0.384 e. The zero-order valence-electron chi connectivity index (χ0n) is 18.9. The molecule has 3 aromatic rings. The van der Waals surface area contributed by atoms with Crippen LogP contribution in [0, 0.1) is 0 Å². The van der Waals surface area contributed by atoms with Gasteiger partial charge in [0.1, 0.15) is 0 Å². The van der Waals surface area contributed by atoms with Gasteiger partial charge in [-0.25, -0.2) is 14.1 Å². The highest BCUT2D eigenvalue weighted by Crippen LogP contribution is 2.37. The Balaban J connectivity index is 1.72. The van der Waals surface area contributed by atoms with Crippen LogP contribution in [-0.4, -0.2) is 42.8 Å². The molecule has 1 aliphatic rings. The highest BCUT2D eigenvalue weighted by molar-refractivity contribution is 9.10. The van der Waals surface area contributed by atoms with Crippen LogP contribution in [0.25, 0.3) is 0 Å². The lowest BCUT2D eigenvalue weighted by molar-refractivity contribution is 0.211. The number of nitrogens with zero attached hydrogens (tertiary/aromatic N) is 3. The summed E-state index contributed by atoms with van der Waals surface area (Å²) in [6.45, 7) is 3.09. The van der Waals surface area contributed by atoms with Gasteiger partial charge in [-0.15, -0.1) is 0 Å². The number of hydrogen-bond donors (Lipinski definition) is 0. The highest BCUT2D eigenvalue weighted by atomic mass is 79.9. The summed E-state index contributed by atoms with van der Waals surface area (Å²) in [6.07, 6.45) is 0. The Morgan fingerprint density at radius 1 is 1.12 bits per heavy atom. The molecule has 0 aliphatic carbocycles. The molecular weight excluding hydrogens is 534 g/mol. The van der Waals surface area contributed by atoms with Crippen molar-refractivity contribution in [2.45, 2.75) is 12.3 Å². The fourth-order valence-corrected chi connectivity index (χ4v) is 5.19. The van der Waals surface area contributed by atoms with Crippen LogP contribution in [0.5, 0.6) is 0 Å². The van der Waals surface area contributed by atoms with E-state index in [1.807, 2.05) is 66.7 Å². The molecule has 2 amide bonds. The zero-order valence-corrected chi connectivity index (χ0v) is 22.1. The van der Waals surface area contributed by atoms with E-state index in [1.54, 1.807) is 16.4 Å². The molecule has 0 spiro atoms. The number of benzene rings is 3. The molecule has 0 saturated heterocycles. The second kappa shape index (κ2) is 11.0. The summed E-state index contributed by atoms with van der Waals surface area (Å²) in [5, 5.41) is 7.10. The number of hydrogen-bond acceptors (Lipinski definition) is 4. The van der Waals surface area contributed by atoms with Crippen molar-refractivity contribution in [1.82, 2.24) is 5.01 Å². The van der Waals surface area contributed by atoms with Crippen LogP contribution in [0.2, 0.25) is 5.02 Å². The minimum absolute atomic E-state index is 0.199. The summed E-state index contributed by atoms with van der Waals surface area (Å²) in [6, 6.07) is 25.3. The Morgan fingerprint density at radius 2 is 1.79 bits per heavy atom. The Labute approximate surface area is 218 Å². The Morgan fingerprint density at radius 3 is 2.44 bits per heavy atom. The number of halogens is 2. The quantitative estimate of drug-likeness (QED) is 0.232. The van der Waals surface area contributed by atoms with E-state index in [4.69, 9.17) is 21.4 Å². The maximum atomic E-state index is 13.8. The fourth-order valence-electron chi connectivity index (χ4n) is 3.90. The first-order chi connectivity index (χ1) is 16.4. The average Bonchev–Trinajstić information content (AvgIpc) is 3.22. The van der Waals surface area contributed by atoms with E-state index < -0.39 is 5.41 Å². The van der Waals surface area contributed by atoms with Crippen LogP contribution < -0.4 is 4.31 Å². The van der Waals surface area contributed by atoms with Gasteiger partial charge in [-0.2, -0.15) is 5.10 Å². The molecule has 176 valence electrons. The number of ether oxygens (including phenoxy) is 1. The number of urea groups is 1. The first kappa shape index (κ1) is 24.8. The van der Waals surface area contributed by atoms with Crippen LogP contribution in [-0.2, 0) is 10.2 Å². The molecule has 1 heterocycles. The number of rotatable bonds is 7. The molecular formula is C26H25BrClN3O2S. The van der Waals surface area contributed by atoms with E-state index >= 15 is 0 Å². The molecule has 3 aromatic carbocycles. The summed E-state index contributed by atoms with van der Waals surface area (Å²) in [7, 11) is 1.65. The topological polar surface area (TPSA) is 45.1 Å². The fraction of sp³-hybridized carbons (Fsp3) is 0.231. The summed E-state index contributed by atoms with van der Waals surface area (Å²) in [5.74, 6) is 0.635. The van der Waals surface area contributed by atoms with E-state index in [-0.39, 0.29) is 6.03 Å². The number of anilines is 1. The smallest absolute Gasteiger partial charge is 0.355 e. The lowest BCUT2D eigenvalue weighted by Crippen LogP contribution is -2.41. The second-order valence-corrected chi connectivity index (χ2v) is 10.5. The number of hydrazone groups is 1. The molecule has 0 radical (unpaired) electrons.